The molecule has 0 amide bonds. The first-order chi connectivity index (χ1) is 10.7. The zero-order valence-corrected chi connectivity index (χ0v) is 12.2. The normalized spacial score (nSPS) is 10.5. The molecule has 6 heteroatoms. The van der Waals surface area contributed by atoms with E-state index in [1.807, 2.05) is 30.3 Å². The molecule has 2 N–H and O–H groups in total. The van der Waals surface area contributed by atoms with Crippen LogP contribution in [0.4, 0.5) is 0 Å². The summed E-state index contributed by atoms with van der Waals surface area (Å²) in [6.45, 7) is 0. The van der Waals surface area contributed by atoms with Gasteiger partial charge in [-0.05, 0) is 28.5 Å². The van der Waals surface area contributed by atoms with Gasteiger partial charge in [0.2, 0.25) is 0 Å². The lowest BCUT2D eigenvalue weighted by molar-refractivity contribution is 0.971. The predicted molar refractivity (Wildman–Crippen MR) is 85.9 cm³/mol. The monoisotopic (exact) mass is 309 g/mol. The van der Waals surface area contributed by atoms with E-state index in [1.165, 1.54) is 18.0 Å². The van der Waals surface area contributed by atoms with Gasteiger partial charge in [-0.3, -0.25) is 9.59 Å². The van der Waals surface area contributed by atoms with Crippen LogP contribution in [0.3, 0.4) is 0 Å². The highest BCUT2D eigenvalue weighted by atomic mass is 32.2. The minimum absolute atomic E-state index is 0.615. The summed E-state index contributed by atoms with van der Waals surface area (Å²) >= 11 is 1.43. The lowest BCUT2D eigenvalue weighted by Crippen LogP contribution is -2.28. The van der Waals surface area contributed by atoms with Gasteiger partial charge in [-0.2, -0.15) is 5.26 Å². The first-order valence-corrected chi connectivity index (χ1v) is 7.52. The third kappa shape index (κ3) is 2.95. The van der Waals surface area contributed by atoms with Gasteiger partial charge >= 0.3 is 11.1 Å². The van der Waals surface area contributed by atoms with Crippen molar-refractivity contribution in [3.05, 3.63) is 74.4 Å². The average Bonchev–Trinajstić information content (AvgIpc) is 2.55. The van der Waals surface area contributed by atoms with Crippen LogP contribution in [0, 0.1) is 11.3 Å². The highest BCUT2D eigenvalue weighted by Crippen LogP contribution is 2.23. The molecule has 2 aromatic carbocycles. The molecule has 0 aliphatic carbocycles. The summed E-state index contributed by atoms with van der Waals surface area (Å²) in [7, 11) is 0. The van der Waals surface area contributed by atoms with Gasteiger partial charge in [-0.1, -0.05) is 24.3 Å². The summed E-state index contributed by atoms with van der Waals surface area (Å²) < 4.78 is 0. The topological polar surface area (TPSA) is 89.5 Å². The fraction of sp³-hybridized carbons (Fsp3) is 0.0625. The molecule has 108 valence electrons. The molecule has 0 spiro atoms. The number of nitrogens with zero attached hydrogens (tertiary/aromatic N) is 1. The van der Waals surface area contributed by atoms with E-state index in [4.69, 9.17) is 5.26 Å². The second-order valence-electron chi connectivity index (χ2n) is 4.73. The maximum Gasteiger partial charge on any atom is 0.314 e. The third-order valence-corrected chi connectivity index (χ3v) is 4.21. The van der Waals surface area contributed by atoms with E-state index in [2.05, 4.69) is 16.0 Å². The van der Waals surface area contributed by atoms with Gasteiger partial charge in [0.25, 0.3) is 0 Å². The summed E-state index contributed by atoms with van der Waals surface area (Å²) in [4.78, 5) is 27.2. The molecular weight excluding hydrogens is 298 g/mol. The maximum absolute atomic E-state index is 11.2. The maximum atomic E-state index is 11.2. The molecule has 1 heterocycles. The van der Waals surface area contributed by atoms with Crippen LogP contribution in [0.15, 0.2) is 57.2 Å². The van der Waals surface area contributed by atoms with Crippen molar-refractivity contribution in [1.82, 2.24) is 9.97 Å². The zero-order chi connectivity index (χ0) is 15.5. The molecule has 1 aromatic heterocycles. The number of hydrogen-bond donors (Lipinski definition) is 2. The standard InChI is InChI=1S/C16H11N3O2S/c17-7-10-1-3-13-6-11(2-4-12(13)5-10)9-22-14-8-18-15(20)16(21)19-14/h1-6,8H,9H2,(H,18,20)(H,19,21). The Morgan fingerprint density at radius 1 is 1.05 bits per heavy atom. The van der Waals surface area contributed by atoms with Gasteiger partial charge in [0.1, 0.15) is 0 Å². The van der Waals surface area contributed by atoms with Crippen LogP contribution >= 0.6 is 11.8 Å². The highest BCUT2D eigenvalue weighted by molar-refractivity contribution is 7.98. The lowest BCUT2D eigenvalue weighted by Gasteiger charge is -2.04. The van der Waals surface area contributed by atoms with Gasteiger partial charge in [-0.15, -0.1) is 11.8 Å². The molecule has 0 saturated heterocycles. The molecule has 3 rings (SSSR count). The number of benzene rings is 2. The Balaban J connectivity index is 1.82. The minimum Gasteiger partial charge on any atom is -0.322 e. The van der Waals surface area contributed by atoms with Crippen LogP contribution in [-0.2, 0) is 5.75 Å². The van der Waals surface area contributed by atoms with E-state index in [0.717, 1.165) is 16.3 Å². The van der Waals surface area contributed by atoms with Crippen molar-refractivity contribution in [2.24, 2.45) is 0 Å². The Labute approximate surface area is 129 Å². The fourth-order valence-electron chi connectivity index (χ4n) is 2.09. The molecule has 0 bridgehead atoms. The summed E-state index contributed by atoms with van der Waals surface area (Å²) in [6.07, 6.45) is 1.49. The van der Waals surface area contributed by atoms with Crippen LogP contribution in [0.2, 0.25) is 0 Å². The van der Waals surface area contributed by atoms with Crippen molar-refractivity contribution in [1.29, 1.82) is 5.26 Å². The summed E-state index contributed by atoms with van der Waals surface area (Å²) in [5.41, 5.74) is 0.436. The SMILES string of the molecule is N#Cc1ccc2cc(CSc3c[nH]c(=O)c(=O)[nH]3)ccc2c1. The number of H-pyrrole nitrogens is 2. The number of nitrogens with one attached hydrogen (secondary N) is 2. The Kier molecular flexibility index (Phi) is 3.81. The van der Waals surface area contributed by atoms with Gasteiger partial charge < -0.3 is 9.97 Å². The number of thioether (sulfide) groups is 1. The average molecular weight is 309 g/mol. The summed E-state index contributed by atoms with van der Waals surface area (Å²) in [6, 6.07) is 13.7. The van der Waals surface area contributed by atoms with E-state index >= 15 is 0 Å². The molecule has 0 unspecified atom stereocenters. The Morgan fingerprint density at radius 3 is 2.59 bits per heavy atom. The smallest absolute Gasteiger partial charge is 0.314 e. The Hall–Kier alpha value is -2.78. The van der Waals surface area contributed by atoms with Crippen molar-refractivity contribution in [2.45, 2.75) is 10.8 Å². The van der Waals surface area contributed by atoms with Gasteiger partial charge in [0.15, 0.2) is 0 Å². The van der Waals surface area contributed by atoms with Crippen molar-refractivity contribution in [3.63, 3.8) is 0 Å². The Bertz CT molecular complexity index is 998. The van der Waals surface area contributed by atoms with Crippen LogP contribution in [0.1, 0.15) is 11.1 Å². The molecule has 3 aromatic rings. The number of aromatic amines is 2. The van der Waals surface area contributed by atoms with E-state index in [9.17, 15) is 9.59 Å². The zero-order valence-electron chi connectivity index (χ0n) is 11.4. The Morgan fingerprint density at radius 2 is 1.82 bits per heavy atom. The fourth-order valence-corrected chi connectivity index (χ4v) is 2.90. The number of rotatable bonds is 3. The third-order valence-electron chi connectivity index (χ3n) is 3.21. The van der Waals surface area contributed by atoms with Crippen molar-refractivity contribution in [2.75, 3.05) is 0 Å². The van der Waals surface area contributed by atoms with Crippen LogP contribution in [0.25, 0.3) is 10.8 Å². The number of fused-ring (bicyclic) bond motifs is 1. The lowest BCUT2D eigenvalue weighted by atomic mass is 10.1. The highest BCUT2D eigenvalue weighted by Gasteiger charge is 2.02. The van der Waals surface area contributed by atoms with Gasteiger partial charge in [0, 0.05) is 11.9 Å². The molecule has 0 fully saturated rings. The second kappa shape index (κ2) is 5.92. The molecule has 0 saturated carbocycles. The van der Waals surface area contributed by atoms with Gasteiger partial charge in [0.05, 0.1) is 16.7 Å². The van der Waals surface area contributed by atoms with E-state index in [-0.39, 0.29) is 0 Å². The molecule has 0 aliphatic heterocycles. The summed E-state index contributed by atoms with van der Waals surface area (Å²) in [5.74, 6) is 0.665. The number of nitriles is 1. The first kappa shape index (κ1) is 14.2. The van der Waals surface area contributed by atoms with Crippen molar-refractivity contribution >= 4 is 22.5 Å². The molecule has 22 heavy (non-hydrogen) atoms. The minimum atomic E-state index is -0.650. The molecule has 0 aliphatic rings. The second-order valence-corrected chi connectivity index (χ2v) is 5.75. The van der Waals surface area contributed by atoms with E-state index in [1.54, 1.807) is 6.07 Å². The molecule has 0 radical (unpaired) electrons. The van der Waals surface area contributed by atoms with Crippen molar-refractivity contribution < 1.29 is 0 Å². The largest absolute Gasteiger partial charge is 0.322 e. The molecule has 0 atom stereocenters. The van der Waals surface area contributed by atoms with Crippen molar-refractivity contribution in [3.8, 4) is 6.07 Å². The molecule has 5 nitrogen and oxygen atoms in total. The number of aromatic nitrogens is 2. The predicted octanol–water partition coefficient (Wildman–Crippen LogP) is 2.38. The van der Waals surface area contributed by atoms with Crippen LogP contribution in [0.5, 0.6) is 0 Å². The number of hydrogen-bond acceptors (Lipinski definition) is 4. The van der Waals surface area contributed by atoms with Crippen LogP contribution < -0.4 is 11.1 Å². The van der Waals surface area contributed by atoms with E-state index < -0.39 is 11.1 Å². The quantitative estimate of drug-likeness (QED) is 0.574. The van der Waals surface area contributed by atoms with Crippen LogP contribution in [-0.4, -0.2) is 9.97 Å². The van der Waals surface area contributed by atoms with E-state index in [0.29, 0.717) is 16.3 Å². The molecular formula is C16H11N3O2S. The summed E-state index contributed by atoms with van der Waals surface area (Å²) in [5, 5.41) is 11.6. The first-order valence-electron chi connectivity index (χ1n) is 6.53. The van der Waals surface area contributed by atoms with Gasteiger partial charge in [-0.25, -0.2) is 0 Å².